The number of hydrogen-bond acceptors (Lipinski definition) is 6. The topological polar surface area (TPSA) is 80.2 Å². The van der Waals surface area contributed by atoms with Crippen LogP contribution in [0, 0.1) is 16.6 Å². The van der Waals surface area contributed by atoms with Crippen molar-refractivity contribution >= 4 is 11.5 Å². The smallest absolute Gasteiger partial charge is 0.254 e. The minimum atomic E-state index is -0.590. The zero-order chi connectivity index (χ0) is 22.8. The number of carbonyl (C=O) groups excluding carboxylic acids is 1. The van der Waals surface area contributed by atoms with Crippen molar-refractivity contribution < 1.29 is 18.7 Å². The molecule has 8 heteroatoms. The Balaban J connectivity index is 1.24. The van der Waals surface area contributed by atoms with E-state index in [2.05, 4.69) is 15.4 Å². The van der Waals surface area contributed by atoms with Crippen LogP contribution in [0.4, 0.5) is 4.39 Å². The van der Waals surface area contributed by atoms with Crippen molar-refractivity contribution in [3.8, 4) is 0 Å². The lowest BCUT2D eigenvalue weighted by molar-refractivity contribution is -0.274. The minimum absolute atomic E-state index is 0.0431. The van der Waals surface area contributed by atoms with Gasteiger partial charge in [0.2, 0.25) is 5.79 Å². The Bertz CT molecular complexity index is 980. The van der Waals surface area contributed by atoms with Crippen LogP contribution in [0.15, 0.2) is 41.3 Å². The summed E-state index contributed by atoms with van der Waals surface area (Å²) >= 11 is 0. The molecule has 1 spiro atoms. The number of halogens is 1. The van der Waals surface area contributed by atoms with E-state index in [1.165, 1.54) is 31.4 Å². The van der Waals surface area contributed by atoms with Gasteiger partial charge in [-0.05, 0) is 48.6 Å². The summed E-state index contributed by atoms with van der Waals surface area (Å²) in [6.07, 6.45) is 10.4. The third-order valence-electron chi connectivity index (χ3n) is 7.39. The van der Waals surface area contributed by atoms with Crippen molar-refractivity contribution in [1.29, 1.82) is 0 Å². The summed E-state index contributed by atoms with van der Waals surface area (Å²) in [4.78, 5) is 24.8. The predicted molar refractivity (Wildman–Crippen MR) is 122 cm³/mol. The fourth-order valence-electron chi connectivity index (χ4n) is 5.16. The van der Waals surface area contributed by atoms with Gasteiger partial charge in [0.25, 0.3) is 5.91 Å². The number of benzene rings is 1. The molecule has 2 aliphatic carbocycles. The van der Waals surface area contributed by atoms with Crippen molar-refractivity contribution in [2.75, 3.05) is 32.8 Å². The summed E-state index contributed by atoms with van der Waals surface area (Å²) < 4.78 is 27.3. The quantitative estimate of drug-likeness (QED) is 0.518. The van der Waals surface area contributed by atoms with E-state index in [1.54, 1.807) is 6.07 Å². The molecule has 1 N–H and O–H groups in total. The SMILES string of the molecule is O=NCCNC(=O)c1ccc(C2=CC=C3OC4(CCN(C5CCC5)CC4)OCC3C2)cc1F. The number of nitrogens with one attached hydrogen (secondary N) is 1. The third kappa shape index (κ3) is 4.59. The highest BCUT2D eigenvalue weighted by molar-refractivity contribution is 5.94. The molecule has 3 fully saturated rings. The Morgan fingerprint density at radius 2 is 2.06 bits per heavy atom. The first-order valence-electron chi connectivity index (χ1n) is 11.9. The highest BCUT2D eigenvalue weighted by Crippen LogP contribution is 2.43. The van der Waals surface area contributed by atoms with Gasteiger partial charge in [0.05, 0.1) is 18.7 Å². The number of nitrogens with zero attached hydrogens (tertiary/aromatic N) is 2. The second kappa shape index (κ2) is 9.35. The molecule has 0 bridgehead atoms. The largest absolute Gasteiger partial charge is 0.466 e. The molecule has 1 aromatic carbocycles. The highest BCUT2D eigenvalue weighted by Gasteiger charge is 2.45. The maximum atomic E-state index is 14.6. The summed E-state index contributed by atoms with van der Waals surface area (Å²) in [5.41, 5.74) is 1.68. The van der Waals surface area contributed by atoms with Gasteiger partial charge in [-0.2, -0.15) is 4.91 Å². The van der Waals surface area contributed by atoms with Gasteiger partial charge in [0, 0.05) is 44.4 Å². The Kier molecular flexibility index (Phi) is 6.29. The number of allylic oxidation sites excluding steroid dienone is 3. The lowest BCUT2D eigenvalue weighted by Crippen LogP contribution is -2.54. The van der Waals surface area contributed by atoms with Crippen molar-refractivity contribution in [3.05, 3.63) is 58.0 Å². The van der Waals surface area contributed by atoms with Crippen molar-refractivity contribution in [1.82, 2.24) is 10.2 Å². The molecule has 7 nitrogen and oxygen atoms in total. The molecule has 1 saturated carbocycles. The van der Waals surface area contributed by atoms with Gasteiger partial charge in [0.1, 0.15) is 11.6 Å². The van der Waals surface area contributed by atoms with E-state index in [0.29, 0.717) is 13.0 Å². The van der Waals surface area contributed by atoms with Crippen LogP contribution < -0.4 is 5.32 Å². The Morgan fingerprint density at radius 1 is 1.24 bits per heavy atom. The van der Waals surface area contributed by atoms with E-state index >= 15 is 0 Å². The van der Waals surface area contributed by atoms with Crippen LogP contribution in [-0.4, -0.2) is 55.4 Å². The molecule has 5 rings (SSSR count). The highest BCUT2D eigenvalue weighted by atomic mass is 19.1. The molecule has 2 aliphatic heterocycles. The van der Waals surface area contributed by atoms with Crippen molar-refractivity contribution in [2.45, 2.75) is 50.4 Å². The van der Waals surface area contributed by atoms with Crippen molar-refractivity contribution in [2.24, 2.45) is 11.1 Å². The normalized spacial score (nSPS) is 24.7. The standard InChI is InChI=1S/C25H30FN3O4/c26-22-15-18(4-6-21(22)24(30)27-10-11-28-31)17-5-7-23-19(14-17)16-32-25(33-23)8-12-29(13-9-25)20-2-1-3-20/h4-7,15,19-20H,1-3,8-14,16H2,(H,27,30). The lowest BCUT2D eigenvalue weighted by atomic mass is 9.86. The summed E-state index contributed by atoms with van der Waals surface area (Å²) in [5, 5.41) is 5.17. The molecule has 1 aromatic rings. The summed E-state index contributed by atoms with van der Waals surface area (Å²) in [6.45, 7) is 2.69. The third-order valence-corrected chi connectivity index (χ3v) is 7.39. The maximum absolute atomic E-state index is 14.6. The molecule has 1 atom stereocenters. The monoisotopic (exact) mass is 455 g/mol. The molecule has 2 saturated heterocycles. The van der Waals surface area contributed by atoms with Gasteiger partial charge in [-0.3, -0.25) is 9.69 Å². The Morgan fingerprint density at radius 3 is 2.76 bits per heavy atom. The van der Waals surface area contributed by atoms with Crippen LogP contribution in [0.2, 0.25) is 0 Å². The number of nitroso groups, excluding NO2 is 1. The number of amides is 1. The van der Waals surface area contributed by atoms with Gasteiger partial charge in [0.15, 0.2) is 0 Å². The molecule has 33 heavy (non-hydrogen) atoms. The minimum Gasteiger partial charge on any atom is -0.466 e. The van der Waals surface area contributed by atoms with E-state index in [-0.39, 0.29) is 24.6 Å². The van der Waals surface area contributed by atoms with E-state index in [4.69, 9.17) is 9.47 Å². The summed E-state index contributed by atoms with van der Waals surface area (Å²) in [5.74, 6) is -0.572. The number of rotatable bonds is 6. The number of likely N-dealkylation sites (tertiary alicyclic amines) is 1. The second-order valence-electron chi connectivity index (χ2n) is 9.41. The summed E-state index contributed by atoms with van der Waals surface area (Å²) in [7, 11) is 0. The second-order valence-corrected chi connectivity index (χ2v) is 9.41. The number of ether oxygens (including phenoxy) is 2. The molecule has 1 amide bonds. The van der Waals surface area contributed by atoms with E-state index < -0.39 is 17.5 Å². The molecule has 0 radical (unpaired) electrons. The van der Waals surface area contributed by atoms with Crippen LogP contribution in [0.25, 0.3) is 5.57 Å². The van der Waals surface area contributed by atoms with Gasteiger partial charge in [-0.25, -0.2) is 4.39 Å². The Hall–Kier alpha value is -2.58. The first-order chi connectivity index (χ1) is 16.1. The number of carbonyl (C=O) groups is 1. The zero-order valence-electron chi connectivity index (χ0n) is 18.7. The predicted octanol–water partition coefficient (Wildman–Crippen LogP) is 4.00. The van der Waals surface area contributed by atoms with Gasteiger partial charge < -0.3 is 14.8 Å². The molecule has 2 heterocycles. The molecule has 176 valence electrons. The van der Waals surface area contributed by atoms with Gasteiger partial charge in [-0.1, -0.05) is 23.7 Å². The number of hydrogen-bond donors (Lipinski definition) is 1. The molecule has 4 aliphatic rings. The first-order valence-corrected chi connectivity index (χ1v) is 11.9. The average molecular weight is 456 g/mol. The fraction of sp³-hybridized carbons (Fsp3) is 0.560. The fourth-order valence-corrected chi connectivity index (χ4v) is 5.16. The average Bonchev–Trinajstić information content (AvgIpc) is 2.79. The zero-order valence-corrected chi connectivity index (χ0v) is 18.7. The Labute approximate surface area is 193 Å². The molecular formula is C25H30FN3O4. The van der Waals surface area contributed by atoms with E-state index in [1.807, 2.05) is 12.2 Å². The molecular weight excluding hydrogens is 425 g/mol. The number of piperidine rings is 1. The van der Waals surface area contributed by atoms with Crippen LogP contribution in [0.3, 0.4) is 0 Å². The van der Waals surface area contributed by atoms with E-state index in [0.717, 1.165) is 48.9 Å². The summed E-state index contributed by atoms with van der Waals surface area (Å²) in [6, 6.07) is 5.37. The molecule has 1 unspecified atom stereocenters. The van der Waals surface area contributed by atoms with Gasteiger partial charge in [-0.15, -0.1) is 0 Å². The van der Waals surface area contributed by atoms with Crippen LogP contribution in [-0.2, 0) is 9.47 Å². The van der Waals surface area contributed by atoms with E-state index in [9.17, 15) is 14.1 Å². The first kappa shape index (κ1) is 22.2. The maximum Gasteiger partial charge on any atom is 0.254 e. The van der Waals surface area contributed by atoms with Crippen LogP contribution in [0.1, 0.15) is 54.4 Å². The van der Waals surface area contributed by atoms with Gasteiger partial charge >= 0.3 is 0 Å². The van der Waals surface area contributed by atoms with Crippen molar-refractivity contribution in [3.63, 3.8) is 0 Å². The van der Waals surface area contributed by atoms with Crippen LogP contribution >= 0.6 is 0 Å². The lowest BCUT2D eigenvalue weighted by Gasteiger charge is -2.49. The molecule has 0 aromatic heterocycles. The van der Waals surface area contributed by atoms with Crippen LogP contribution in [0.5, 0.6) is 0 Å². The number of fused-ring (bicyclic) bond motifs is 1.